The number of hydrogen-bond acceptors (Lipinski definition) is 4. The summed E-state index contributed by atoms with van der Waals surface area (Å²) in [6.45, 7) is 0. The van der Waals surface area contributed by atoms with E-state index in [9.17, 15) is 9.90 Å². The zero-order valence-corrected chi connectivity index (χ0v) is 13.0. The van der Waals surface area contributed by atoms with Crippen molar-refractivity contribution < 1.29 is 14.6 Å². The van der Waals surface area contributed by atoms with Gasteiger partial charge in [-0.05, 0) is 47.2 Å². The fraction of sp³-hybridized carbons (Fsp3) is 0.105. The van der Waals surface area contributed by atoms with Gasteiger partial charge in [-0.3, -0.25) is 0 Å². The quantitative estimate of drug-likeness (QED) is 0.590. The van der Waals surface area contributed by atoms with E-state index >= 15 is 0 Å². The Balaban J connectivity index is 1.86. The van der Waals surface area contributed by atoms with Crippen LogP contribution in [0, 0.1) is 0 Å². The van der Waals surface area contributed by atoms with E-state index in [0.29, 0.717) is 5.75 Å². The number of phenolic OH excluding ortho intramolecular Hbond substituents is 1. The number of hydrogen-bond donors (Lipinski definition) is 1. The molecule has 0 unspecified atom stereocenters. The molecule has 0 fully saturated rings. The molecule has 0 heterocycles. The number of aromatic hydroxyl groups is 1. The predicted molar refractivity (Wildman–Crippen MR) is 91.3 cm³/mol. The smallest absolute Gasteiger partial charge is 0.347 e. The Morgan fingerprint density at radius 3 is 2.17 bits per heavy atom. The number of fused-ring (bicyclic) bond motifs is 1. The molecule has 0 saturated carbocycles. The molecular weight excluding hydrogens is 290 g/mol. The fourth-order valence-electron chi connectivity index (χ4n) is 2.37. The Bertz CT molecular complexity index is 854. The van der Waals surface area contributed by atoms with Crippen molar-refractivity contribution in [3.63, 3.8) is 0 Å². The average Bonchev–Trinajstić information content (AvgIpc) is 2.54. The third kappa shape index (κ3) is 3.11. The Labute approximate surface area is 134 Å². The van der Waals surface area contributed by atoms with Gasteiger partial charge in [-0.25, -0.2) is 4.79 Å². The van der Waals surface area contributed by atoms with Gasteiger partial charge in [-0.15, -0.1) is 0 Å². The molecule has 3 aromatic carbocycles. The Morgan fingerprint density at radius 1 is 0.957 bits per heavy atom. The summed E-state index contributed by atoms with van der Waals surface area (Å²) >= 11 is 0. The van der Waals surface area contributed by atoms with Gasteiger partial charge in [-0.2, -0.15) is 0 Å². The van der Waals surface area contributed by atoms with Crippen molar-refractivity contribution in [2.45, 2.75) is 0 Å². The van der Waals surface area contributed by atoms with Crippen molar-refractivity contribution in [1.29, 1.82) is 0 Å². The van der Waals surface area contributed by atoms with Crippen molar-refractivity contribution in [1.82, 2.24) is 0 Å². The second-order valence-electron chi connectivity index (χ2n) is 5.49. The highest BCUT2D eigenvalue weighted by Gasteiger charge is 2.15. The van der Waals surface area contributed by atoms with Crippen molar-refractivity contribution in [2.24, 2.45) is 0 Å². The van der Waals surface area contributed by atoms with Crippen LogP contribution in [0.5, 0.6) is 11.5 Å². The highest BCUT2D eigenvalue weighted by molar-refractivity contribution is 5.99. The third-order valence-corrected chi connectivity index (χ3v) is 3.65. The zero-order valence-electron chi connectivity index (χ0n) is 13.0. The molecule has 0 radical (unpaired) electrons. The van der Waals surface area contributed by atoms with E-state index in [1.807, 2.05) is 55.4 Å². The Morgan fingerprint density at radius 2 is 1.57 bits per heavy atom. The van der Waals surface area contributed by atoms with E-state index in [0.717, 1.165) is 16.5 Å². The average molecular weight is 307 g/mol. The molecule has 0 aliphatic rings. The summed E-state index contributed by atoms with van der Waals surface area (Å²) in [4.78, 5) is 14.3. The van der Waals surface area contributed by atoms with Crippen LogP contribution < -0.4 is 9.64 Å². The summed E-state index contributed by atoms with van der Waals surface area (Å²) in [5, 5.41) is 11.8. The van der Waals surface area contributed by atoms with Gasteiger partial charge >= 0.3 is 5.97 Å². The van der Waals surface area contributed by atoms with Crippen LogP contribution in [0.4, 0.5) is 5.69 Å². The first kappa shape index (κ1) is 14.9. The van der Waals surface area contributed by atoms with Crippen LogP contribution in [0.1, 0.15) is 10.4 Å². The molecule has 0 saturated heterocycles. The molecule has 0 bridgehead atoms. The molecular formula is C19H17NO3. The van der Waals surface area contributed by atoms with Crippen LogP contribution in [0.25, 0.3) is 10.8 Å². The van der Waals surface area contributed by atoms with Crippen LogP contribution in [0.2, 0.25) is 0 Å². The van der Waals surface area contributed by atoms with E-state index in [4.69, 9.17) is 4.74 Å². The van der Waals surface area contributed by atoms with E-state index in [2.05, 4.69) is 0 Å². The van der Waals surface area contributed by atoms with Crippen molar-refractivity contribution >= 4 is 22.4 Å². The monoisotopic (exact) mass is 307 g/mol. The third-order valence-electron chi connectivity index (χ3n) is 3.65. The van der Waals surface area contributed by atoms with Crippen LogP contribution in [0.3, 0.4) is 0 Å². The van der Waals surface area contributed by atoms with Gasteiger partial charge < -0.3 is 14.7 Å². The molecule has 0 aliphatic heterocycles. The summed E-state index contributed by atoms with van der Waals surface area (Å²) in [5.41, 5.74) is 1.17. The van der Waals surface area contributed by atoms with Crippen molar-refractivity contribution in [3.05, 3.63) is 66.2 Å². The van der Waals surface area contributed by atoms with Gasteiger partial charge in [-0.1, -0.05) is 24.3 Å². The highest BCUT2D eigenvalue weighted by Crippen LogP contribution is 2.26. The molecule has 116 valence electrons. The van der Waals surface area contributed by atoms with Gasteiger partial charge in [0.1, 0.15) is 17.1 Å². The summed E-state index contributed by atoms with van der Waals surface area (Å²) in [6.07, 6.45) is 0. The highest BCUT2D eigenvalue weighted by atomic mass is 16.5. The van der Waals surface area contributed by atoms with Gasteiger partial charge in [0.2, 0.25) is 0 Å². The number of rotatable bonds is 3. The number of benzene rings is 3. The number of ether oxygens (including phenoxy) is 1. The fourth-order valence-corrected chi connectivity index (χ4v) is 2.37. The number of anilines is 1. The van der Waals surface area contributed by atoms with Crippen molar-refractivity contribution in [2.75, 3.05) is 19.0 Å². The van der Waals surface area contributed by atoms with Crippen LogP contribution in [0.15, 0.2) is 60.7 Å². The number of esters is 1. The summed E-state index contributed by atoms with van der Waals surface area (Å²) < 4.78 is 5.35. The molecule has 3 rings (SSSR count). The van der Waals surface area contributed by atoms with Gasteiger partial charge in [0.15, 0.2) is 0 Å². The second-order valence-corrected chi connectivity index (χ2v) is 5.49. The Kier molecular flexibility index (Phi) is 3.89. The maximum atomic E-state index is 12.3. The lowest BCUT2D eigenvalue weighted by Gasteiger charge is -2.13. The topological polar surface area (TPSA) is 49.8 Å². The molecule has 4 nitrogen and oxygen atoms in total. The first-order chi connectivity index (χ1) is 11.0. The molecule has 0 aromatic heterocycles. The van der Waals surface area contributed by atoms with E-state index in [1.54, 1.807) is 24.3 Å². The summed E-state index contributed by atoms with van der Waals surface area (Å²) in [7, 11) is 3.88. The van der Waals surface area contributed by atoms with E-state index < -0.39 is 5.97 Å². The number of carbonyl (C=O) groups is 1. The minimum atomic E-state index is -0.578. The minimum Gasteiger partial charge on any atom is -0.507 e. The van der Waals surface area contributed by atoms with Crippen LogP contribution >= 0.6 is 0 Å². The normalized spacial score (nSPS) is 10.5. The van der Waals surface area contributed by atoms with Crippen LogP contribution in [-0.4, -0.2) is 25.2 Å². The molecule has 1 N–H and O–H groups in total. The lowest BCUT2D eigenvalue weighted by atomic mass is 10.1. The molecule has 4 heteroatoms. The number of carbonyl (C=O) groups excluding carboxylic acids is 1. The van der Waals surface area contributed by atoms with Gasteiger partial charge in [0, 0.05) is 19.8 Å². The van der Waals surface area contributed by atoms with Gasteiger partial charge in [0.25, 0.3) is 0 Å². The number of nitrogens with zero attached hydrogens (tertiary/aromatic N) is 1. The molecule has 0 atom stereocenters. The molecule has 0 spiro atoms. The summed E-state index contributed by atoms with van der Waals surface area (Å²) in [5.74, 6) is -0.224. The zero-order chi connectivity index (χ0) is 16.4. The van der Waals surface area contributed by atoms with Crippen molar-refractivity contribution in [3.8, 4) is 11.5 Å². The van der Waals surface area contributed by atoms with Crippen LogP contribution in [-0.2, 0) is 0 Å². The predicted octanol–water partition coefficient (Wildman–Crippen LogP) is 3.83. The minimum absolute atomic E-state index is 0.0846. The summed E-state index contributed by atoms with van der Waals surface area (Å²) in [6, 6.07) is 17.9. The lowest BCUT2D eigenvalue weighted by Crippen LogP contribution is -2.10. The maximum absolute atomic E-state index is 12.3. The first-order valence-electron chi connectivity index (χ1n) is 7.26. The standard InChI is InChI=1S/C19H17NO3/c1-20(2)15-7-9-16(10-8-15)23-19(22)17-11-13-5-3-4-6-14(13)12-18(17)21/h3-12,21H,1-2H3. The van der Waals surface area contributed by atoms with E-state index in [1.165, 1.54) is 0 Å². The largest absolute Gasteiger partial charge is 0.507 e. The Hall–Kier alpha value is -3.01. The van der Waals surface area contributed by atoms with E-state index in [-0.39, 0.29) is 11.3 Å². The molecule has 0 aliphatic carbocycles. The molecule has 23 heavy (non-hydrogen) atoms. The first-order valence-corrected chi connectivity index (χ1v) is 7.26. The maximum Gasteiger partial charge on any atom is 0.347 e. The second kappa shape index (κ2) is 6.01. The van der Waals surface area contributed by atoms with Gasteiger partial charge in [0.05, 0.1) is 0 Å². The lowest BCUT2D eigenvalue weighted by molar-refractivity contribution is 0.0732. The molecule has 0 amide bonds. The molecule has 3 aromatic rings. The SMILES string of the molecule is CN(C)c1ccc(OC(=O)c2cc3ccccc3cc2O)cc1. The number of phenols is 1.